The Hall–Kier alpha value is -2.40. The van der Waals surface area contributed by atoms with Crippen molar-refractivity contribution in [3.8, 4) is 0 Å². The molecule has 3 aromatic rings. The number of rotatable bonds is 4. The number of carbonyl (C=O) groups is 1. The average Bonchev–Trinajstić information content (AvgIpc) is 3.15. The summed E-state index contributed by atoms with van der Waals surface area (Å²) in [6, 6.07) is 12.8. The molecule has 0 spiro atoms. The lowest BCUT2D eigenvalue weighted by Gasteiger charge is -2.34. The van der Waals surface area contributed by atoms with Gasteiger partial charge in [-0.05, 0) is 48.1 Å². The molecule has 2 heterocycles. The Kier molecular flexibility index (Phi) is 5.59. The molecule has 1 fully saturated rings. The van der Waals surface area contributed by atoms with E-state index >= 15 is 0 Å². The zero-order chi connectivity index (χ0) is 20.5. The van der Waals surface area contributed by atoms with Crippen LogP contribution in [0.5, 0.6) is 0 Å². The van der Waals surface area contributed by atoms with Gasteiger partial charge in [0.2, 0.25) is 5.91 Å². The van der Waals surface area contributed by atoms with Crippen molar-refractivity contribution in [1.82, 2.24) is 9.88 Å². The Bertz CT molecular complexity index is 1030. The quantitative estimate of drug-likeness (QED) is 0.615. The number of amides is 1. The van der Waals surface area contributed by atoms with Crippen LogP contribution in [-0.4, -0.2) is 42.0 Å². The first-order valence-corrected chi connectivity index (χ1v) is 11.2. The zero-order valence-corrected chi connectivity index (χ0v) is 18.6. The van der Waals surface area contributed by atoms with Crippen LogP contribution in [0.2, 0.25) is 0 Å². The molecule has 4 nitrogen and oxygen atoms in total. The van der Waals surface area contributed by atoms with Crippen LogP contribution in [0.25, 0.3) is 10.2 Å². The largest absolute Gasteiger partial charge is 0.345 e. The van der Waals surface area contributed by atoms with E-state index in [-0.39, 0.29) is 5.91 Å². The van der Waals surface area contributed by atoms with Crippen molar-refractivity contribution in [3.63, 3.8) is 0 Å². The van der Waals surface area contributed by atoms with Gasteiger partial charge < -0.3 is 9.80 Å². The summed E-state index contributed by atoms with van der Waals surface area (Å²) in [7, 11) is 0. The number of carbonyl (C=O) groups excluding carboxylic acids is 1. The molecule has 0 atom stereocenters. The molecule has 0 radical (unpaired) electrons. The number of thiazole rings is 1. The Balaban J connectivity index is 1.41. The average molecular weight is 408 g/mol. The number of aryl methyl sites for hydroxylation is 2. The highest BCUT2D eigenvalue weighted by molar-refractivity contribution is 7.22. The topological polar surface area (TPSA) is 36.4 Å². The normalized spacial score (nSPS) is 14.8. The highest BCUT2D eigenvalue weighted by Gasteiger charge is 2.23. The first-order chi connectivity index (χ1) is 13.9. The first-order valence-electron chi connectivity index (χ1n) is 10.4. The second kappa shape index (κ2) is 8.15. The summed E-state index contributed by atoms with van der Waals surface area (Å²) >= 11 is 1.76. The minimum atomic E-state index is 0.222. The smallest absolute Gasteiger partial charge is 0.227 e. The fraction of sp³-hybridized carbons (Fsp3) is 0.417. The van der Waals surface area contributed by atoms with E-state index in [1.54, 1.807) is 11.3 Å². The van der Waals surface area contributed by atoms with E-state index in [9.17, 15) is 4.79 Å². The zero-order valence-electron chi connectivity index (χ0n) is 17.7. The molecule has 2 aromatic carbocycles. The van der Waals surface area contributed by atoms with Crippen molar-refractivity contribution in [2.45, 2.75) is 40.0 Å². The molecule has 1 aromatic heterocycles. The van der Waals surface area contributed by atoms with Crippen LogP contribution in [0.15, 0.2) is 36.4 Å². The molecule has 0 unspecified atom stereocenters. The minimum Gasteiger partial charge on any atom is -0.345 e. The lowest BCUT2D eigenvalue weighted by molar-refractivity contribution is -0.130. The van der Waals surface area contributed by atoms with E-state index in [1.165, 1.54) is 21.4 Å². The number of piperazine rings is 1. The number of benzene rings is 2. The number of hydrogen-bond acceptors (Lipinski definition) is 4. The maximum atomic E-state index is 12.8. The maximum absolute atomic E-state index is 12.8. The van der Waals surface area contributed by atoms with Crippen LogP contribution >= 0.6 is 11.3 Å². The molecule has 152 valence electrons. The lowest BCUT2D eigenvalue weighted by Crippen LogP contribution is -2.49. The molecule has 0 aliphatic carbocycles. The monoisotopic (exact) mass is 407 g/mol. The molecule has 1 aliphatic rings. The van der Waals surface area contributed by atoms with Gasteiger partial charge in [-0.2, -0.15) is 0 Å². The van der Waals surface area contributed by atoms with E-state index in [4.69, 9.17) is 4.98 Å². The van der Waals surface area contributed by atoms with Crippen LogP contribution in [0.4, 0.5) is 5.13 Å². The van der Waals surface area contributed by atoms with E-state index in [1.807, 2.05) is 4.90 Å². The second-order valence-electron chi connectivity index (χ2n) is 8.31. The van der Waals surface area contributed by atoms with Gasteiger partial charge in [0.05, 0.1) is 16.6 Å². The summed E-state index contributed by atoms with van der Waals surface area (Å²) in [5.41, 5.74) is 6.07. The Morgan fingerprint density at radius 1 is 1.07 bits per heavy atom. The maximum Gasteiger partial charge on any atom is 0.227 e. The summed E-state index contributed by atoms with van der Waals surface area (Å²) in [6.07, 6.45) is 0.486. The number of para-hydroxylation sites is 1. The third kappa shape index (κ3) is 4.15. The predicted molar refractivity (Wildman–Crippen MR) is 122 cm³/mol. The summed E-state index contributed by atoms with van der Waals surface area (Å²) < 4.78 is 1.25. The van der Waals surface area contributed by atoms with Gasteiger partial charge in [-0.1, -0.05) is 55.5 Å². The van der Waals surface area contributed by atoms with E-state index in [0.29, 0.717) is 12.3 Å². The van der Waals surface area contributed by atoms with Crippen LogP contribution in [0.1, 0.15) is 42.0 Å². The Morgan fingerprint density at radius 3 is 2.52 bits per heavy atom. The molecule has 4 rings (SSSR count). The van der Waals surface area contributed by atoms with E-state index in [0.717, 1.165) is 42.4 Å². The summed E-state index contributed by atoms with van der Waals surface area (Å²) in [5.74, 6) is 0.688. The van der Waals surface area contributed by atoms with Crippen LogP contribution in [-0.2, 0) is 11.2 Å². The Labute approximate surface area is 177 Å². The van der Waals surface area contributed by atoms with Crippen LogP contribution in [0.3, 0.4) is 0 Å². The van der Waals surface area contributed by atoms with E-state index in [2.05, 4.69) is 69.0 Å². The molecular formula is C24H29N3OS. The molecule has 1 aliphatic heterocycles. The molecular weight excluding hydrogens is 378 g/mol. The van der Waals surface area contributed by atoms with Crippen molar-refractivity contribution in [2.75, 3.05) is 31.1 Å². The number of anilines is 1. The molecule has 1 amide bonds. The van der Waals surface area contributed by atoms with Crippen molar-refractivity contribution in [1.29, 1.82) is 0 Å². The fourth-order valence-corrected chi connectivity index (χ4v) is 4.96. The van der Waals surface area contributed by atoms with Gasteiger partial charge in [-0.25, -0.2) is 4.98 Å². The second-order valence-corrected chi connectivity index (χ2v) is 9.32. The highest BCUT2D eigenvalue weighted by atomic mass is 32.1. The van der Waals surface area contributed by atoms with Gasteiger partial charge >= 0.3 is 0 Å². The number of hydrogen-bond donors (Lipinski definition) is 0. The van der Waals surface area contributed by atoms with Crippen LogP contribution < -0.4 is 4.90 Å². The molecule has 29 heavy (non-hydrogen) atoms. The lowest BCUT2D eigenvalue weighted by atomic mass is 10.0. The Morgan fingerprint density at radius 2 is 1.83 bits per heavy atom. The summed E-state index contributed by atoms with van der Waals surface area (Å²) in [6.45, 7) is 11.8. The summed E-state index contributed by atoms with van der Waals surface area (Å²) in [4.78, 5) is 22.0. The van der Waals surface area contributed by atoms with Crippen molar-refractivity contribution in [3.05, 3.63) is 58.7 Å². The first kappa shape index (κ1) is 19.9. The molecule has 0 saturated carbocycles. The van der Waals surface area contributed by atoms with Gasteiger partial charge in [0.25, 0.3) is 0 Å². The van der Waals surface area contributed by atoms with Crippen molar-refractivity contribution < 1.29 is 4.79 Å². The predicted octanol–water partition coefficient (Wildman–Crippen LogP) is 4.93. The fourth-order valence-electron chi connectivity index (χ4n) is 3.91. The van der Waals surface area contributed by atoms with Gasteiger partial charge in [-0.3, -0.25) is 4.79 Å². The highest BCUT2D eigenvalue weighted by Crippen LogP contribution is 2.33. The molecule has 0 bridgehead atoms. The third-order valence-electron chi connectivity index (χ3n) is 5.89. The van der Waals surface area contributed by atoms with Gasteiger partial charge in [0.15, 0.2) is 5.13 Å². The van der Waals surface area contributed by atoms with Crippen LogP contribution in [0, 0.1) is 13.8 Å². The van der Waals surface area contributed by atoms with Crippen molar-refractivity contribution in [2.24, 2.45) is 0 Å². The third-order valence-corrected chi connectivity index (χ3v) is 6.97. The van der Waals surface area contributed by atoms with Gasteiger partial charge in [0.1, 0.15) is 0 Å². The summed E-state index contributed by atoms with van der Waals surface area (Å²) in [5, 5.41) is 1.08. The van der Waals surface area contributed by atoms with E-state index < -0.39 is 0 Å². The molecule has 1 saturated heterocycles. The van der Waals surface area contributed by atoms with Gasteiger partial charge in [0, 0.05) is 26.2 Å². The minimum absolute atomic E-state index is 0.222. The van der Waals surface area contributed by atoms with Crippen molar-refractivity contribution >= 4 is 32.6 Å². The number of nitrogens with zero attached hydrogens (tertiary/aromatic N) is 3. The molecule has 0 N–H and O–H groups in total. The van der Waals surface area contributed by atoms with Gasteiger partial charge in [-0.15, -0.1) is 0 Å². The molecule has 5 heteroatoms. The number of fused-ring (bicyclic) bond motifs is 1. The SMILES string of the molecule is Cc1ccc(CC(=O)N2CCN(c3nc4c(C(C)C)cccc4s3)CC2)cc1C. The standard InChI is InChI=1S/C24H29N3OS/c1-16(2)20-6-5-7-21-23(20)25-24(29-21)27-12-10-26(11-13-27)22(28)15-19-9-8-17(3)18(4)14-19/h5-9,14,16H,10-13,15H2,1-4H3. The number of aromatic nitrogens is 1.